The van der Waals surface area contributed by atoms with Crippen LogP contribution < -0.4 is 15.0 Å². The van der Waals surface area contributed by atoms with E-state index in [1.54, 1.807) is 0 Å². The lowest BCUT2D eigenvalue weighted by Crippen LogP contribution is -2.21. The number of anilines is 2. The fourth-order valence-corrected chi connectivity index (χ4v) is 2.72. The molecule has 0 aromatic heterocycles. The van der Waals surface area contributed by atoms with Gasteiger partial charge in [0.25, 0.3) is 0 Å². The van der Waals surface area contributed by atoms with Gasteiger partial charge in [0.05, 0.1) is 6.61 Å². The van der Waals surface area contributed by atoms with Crippen molar-refractivity contribution in [3.8, 4) is 5.75 Å². The SMILES string of the molecule is CCOCCOc1ccccc1CNc1ccc(N(CC)CC)cc1. The van der Waals surface area contributed by atoms with Gasteiger partial charge in [0.15, 0.2) is 0 Å². The number of nitrogens with one attached hydrogen (secondary N) is 1. The average molecular weight is 342 g/mol. The fraction of sp³-hybridized carbons (Fsp3) is 0.429. The van der Waals surface area contributed by atoms with Crippen LogP contribution in [-0.4, -0.2) is 32.9 Å². The number of rotatable bonds is 11. The molecule has 2 rings (SSSR count). The molecule has 2 aromatic carbocycles. The Kier molecular flexibility index (Phi) is 8.13. The van der Waals surface area contributed by atoms with Crippen LogP contribution in [0.2, 0.25) is 0 Å². The van der Waals surface area contributed by atoms with Gasteiger partial charge in [-0.1, -0.05) is 18.2 Å². The van der Waals surface area contributed by atoms with Crippen molar-refractivity contribution in [2.45, 2.75) is 27.3 Å². The van der Waals surface area contributed by atoms with Crippen LogP contribution in [0, 0.1) is 0 Å². The lowest BCUT2D eigenvalue weighted by atomic mass is 10.2. The molecular weight excluding hydrogens is 312 g/mol. The molecule has 4 heteroatoms. The molecule has 0 radical (unpaired) electrons. The van der Waals surface area contributed by atoms with Crippen LogP contribution in [0.5, 0.6) is 5.75 Å². The molecule has 0 aliphatic carbocycles. The maximum absolute atomic E-state index is 5.84. The van der Waals surface area contributed by atoms with Crippen molar-refractivity contribution in [2.24, 2.45) is 0 Å². The first-order chi connectivity index (χ1) is 12.3. The first-order valence-electron chi connectivity index (χ1n) is 9.15. The Labute approximate surface area is 151 Å². The molecule has 0 amide bonds. The number of hydrogen-bond donors (Lipinski definition) is 1. The first kappa shape index (κ1) is 19.1. The van der Waals surface area contributed by atoms with Crippen molar-refractivity contribution >= 4 is 11.4 Å². The van der Waals surface area contributed by atoms with Crippen LogP contribution in [0.3, 0.4) is 0 Å². The molecule has 0 aliphatic rings. The van der Waals surface area contributed by atoms with E-state index in [9.17, 15) is 0 Å². The molecule has 0 fully saturated rings. The van der Waals surface area contributed by atoms with Gasteiger partial charge in [-0.2, -0.15) is 0 Å². The normalized spacial score (nSPS) is 10.5. The van der Waals surface area contributed by atoms with Crippen LogP contribution in [0.25, 0.3) is 0 Å². The standard InChI is InChI=1S/C21H30N2O2/c1-4-23(5-2)20-13-11-19(12-14-20)22-17-18-9-7-8-10-21(18)25-16-15-24-6-3/h7-14,22H,4-6,15-17H2,1-3H3. The smallest absolute Gasteiger partial charge is 0.124 e. The summed E-state index contributed by atoms with van der Waals surface area (Å²) in [6.45, 7) is 11.0. The summed E-state index contributed by atoms with van der Waals surface area (Å²) in [5, 5.41) is 3.48. The molecule has 0 saturated heterocycles. The van der Waals surface area contributed by atoms with Crippen LogP contribution in [0.15, 0.2) is 48.5 Å². The lowest BCUT2D eigenvalue weighted by molar-refractivity contribution is 0.110. The summed E-state index contributed by atoms with van der Waals surface area (Å²) in [7, 11) is 0. The Balaban J connectivity index is 1.92. The van der Waals surface area contributed by atoms with Crippen LogP contribution in [0.4, 0.5) is 11.4 Å². The van der Waals surface area contributed by atoms with E-state index in [4.69, 9.17) is 9.47 Å². The van der Waals surface area contributed by atoms with E-state index < -0.39 is 0 Å². The zero-order chi connectivity index (χ0) is 17.9. The average Bonchev–Trinajstić information content (AvgIpc) is 2.66. The molecule has 136 valence electrons. The number of para-hydroxylation sites is 1. The predicted molar refractivity (Wildman–Crippen MR) is 106 cm³/mol. The summed E-state index contributed by atoms with van der Waals surface area (Å²) in [6, 6.07) is 16.7. The minimum atomic E-state index is 0.573. The van der Waals surface area contributed by atoms with Gasteiger partial charge in [0, 0.05) is 43.2 Å². The van der Waals surface area contributed by atoms with Gasteiger partial charge in [0.1, 0.15) is 12.4 Å². The second-order valence-electron chi connectivity index (χ2n) is 5.73. The summed E-state index contributed by atoms with van der Waals surface area (Å²) >= 11 is 0. The summed E-state index contributed by atoms with van der Waals surface area (Å²) < 4.78 is 11.2. The molecule has 0 aliphatic heterocycles. The lowest BCUT2D eigenvalue weighted by Gasteiger charge is -2.21. The third kappa shape index (κ3) is 5.98. The van der Waals surface area contributed by atoms with E-state index in [-0.39, 0.29) is 0 Å². The van der Waals surface area contributed by atoms with E-state index in [1.807, 2.05) is 25.1 Å². The highest BCUT2D eigenvalue weighted by atomic mass is 16.5. The highest BCUT2D eigenvalue weighted by molar-refractivity contribution is 5.55. The van der Waals surface area contributed by atoms with E-state index >= 15 is 0 Å². The van der Waals surface area contributed by atoms with Gasteiger partial charge >= 0.3 is 0 Å². The summed E-state index contributed by atoms with van der Waals surface area (Å²) in [5.41, 5.74) is 3.52. The summed E-state index contributed by atoms with van der Waals surface area (Å²) in [5.74, 6) is 0.912. The Hall–Kier alpha value is -2.20. The molecule has 0 atom stereocenters. The van der Waals surface area contributed by atoms with Crippen molar-refractivity contribution in [3.05, 3.63) is 54.1 Å². The van der Waals surface area contributed by atoms with Crippen molar-refractivity contribution < 1.29 is 9.47 Å². The third-order valence-electron chi connectivity index (χ3n) is 4.14. The van der Waals surface area contributed by atoms with Gasteiger partial charge in [-0.05, 0) is 51.1 Å². The Morgan fingerprint density at radius 2 is 1.60 bits per heavy atom. The van der Waals surface area contributed by atoms with Crippen molar-refractivity contribution in [3.63, 3.8) is 0 Å². The van der Waals surface area contributed by atoms with Crippen LogP contribution in [0.1, 0.15) is 26.3 Å². The van der Waals surface area contributed by atoms with E-state index in [0.29, 0.717) is 13.2 Å². The molecule has 2 aromatic rings. The van der Waals surface area contributed by atoms with Crippen LogP contribution in [-0.2, 0) is 11.3 Å². The second kappa shape index (κ2) is 10.6. The zero-order valence-electron chi connectivity index (χ0n) is 15.6. The highest BCUT2D eigenvalue weighted by Crippen LogP contribution is 2.21. The van der Waals surface area contributed by atoms with Crippen LogP contribution >= 0.6 is 0 Å². The molecular formula is C21H30N2O2. The third-order valence-corrected chi connectivity index (χ3v) is 4.14. The zero-order valence-corrected chi connectivity index (χ0v) is 15.6. The molecule has 1 N–H and O–H groups in total. The van der Waals surface area contributed by atoms with Crippen molar-refractivity contribution in [2.75, 3.05) is 43.1 Å². The molecule has 0 spiro atoms. The summed E-state index contributed by atoms with van der Waals surface area (Å²) in [4.78, 5) is 2.34. The molecule has 25 heavy (non-hydrogen) atoms. The maximum atomic E-state index is 5.84. The molecule has 0 bridgehead atoms. The second-order valence-corrected chi connectivity index (χ2v) is 5.73. The number of hydrogen-bond acceptors (Lipinski definition) is 4. The van der Waals surface area contributed by atoms with Crippen molar-refractivity contribution in [1.29, 1.82) is 0 Å². The van der Waals surface area contributed by atoms with Gasteiger partial charge in [-0.25, -0.2) is 0 Å². The Morgan fingerprint density at radius 3 is 2.28 bits per heavy atom. The Morgan fingerprint density at radius 1 is 0.880 bits per heavy atom. The minimum Gasteiger partial charge on any atom is -0.491 e. The van der Waals surface area contributed by atoms with Gasteiger partial charge in [-0.3, -0.25) is 0 Å². The van der Waals surface area contributed by atoms with Gasteiger partial charge < -0.3 is 19.7 Å². The van der Waals surface area contributed by atoms with Crippen molar-refractivity contribution in [1.82, 2.24) is 0 Å². The maximum Gasteiger partial charge on any atom is 0.124 e. The van der Waals surface area contributed by atoms with Gasteiger partial charge in [0.2, 0.25) is 0 Å². The minimum absolute atomic E-state index is 0.573. The van der Waals surface area contributed by atoms with E-state index in [0.717, 1.165) is 43.2 Å². The monoisotopic (exact) mass is 342 g/mol. The first-order valence-corrected chi connectivity index (χ1v) is 9.15. The number of nitrogens with zero attached hydrogens (tertiary/aromatic N) is 1. The topological polar surface area (TPSA) is 33.7 Å². The van der Waals surface area contributed by atoms with Gasteiger partial charge in [-0.15, -0.1) is 0 Å². The molecule has 0 saturated carbocycles. The molecule has 0 heterocycles. The summed E-state index contributed by atoms with van der Waals surface area (Å²) in [6.07, 6.45) is 0. The van der Waals surface area contributed by atoms with E-state index in [1.165, 1.54) is 5.69 Å². The Bertz CT molecular complexity index is 610. The predicted octanol–water partition coefficient (Wildman–Crippen LogP) is 4.56. The molecule has 0 unspecified atom stereocenters. The number of benzene rings is 2. The van der Waals surface area contributed by atoms with E-state index in [2.05, 4.69) is 54.4 Å². The quantitative estimate of drug-likeness (QED) is 0.607. The largest absolute Gasteiger partial charge is 0.491 e. The highest BCUT2D eigenvalue weighted by Gasteiger charge is 2.04. The molecule has 4 nitrogen and oxygen atoms in total. The fourth-order valence-electron chi connectivity index (χ4n) is 2.72. The number of ether oxygens (including phenoxy) is 2.